The number of carbonyl (C=O) groups is 1. The summed E-state index contributed by atoms with van der Waals surface area (Å²) in [5.41, 5.74) is 10.9. The number of fused-ring (bicyclic) bond motifs is 1. The standard InChI is InChI=1S/C26H30F2N4O2/c1-3-4-7-34-16-20-14-30-31(2)25(20)18-5-6-24-19(11-18)15-32(26(24)33)23(13-29)10-17-8-21(27)12-22(28)9-17/h5-6,8-9,11-12,14,23H,3-4,7,10,13,15-16,29H2,1-2H3. The van der Waals surface area contributed by atoms with Crippen LogP contribution in [0.15, 0.2) is 42.6 Å². The number of hydrogen-bond donors (Lipinski definition) is 1. The van der Waals surface area contributed by atoms with Crippen LogP contribution in [0.4, 0.5) is 8.78 Å². The van der Waals surface area contributed by atoms with Crippen LogP contribution < -0.4 is 5.73 Å². The molecule has 1 aliphatic rings. The normalized spacial score (nSPS) is 14.0. The molecule has 2 aromatic carbocycles. The molecule has 0 saturated carbocycles. The van der Waals surface area contributed by atoms with Crippen LogP contribution in [-0.4, -0.2) is 39.8 Å². The highest BCUT2D eigenvalue weighted by atomic mass is 19.1. The minimum atomic E-state index is -0.642. The van der Waals surface area contributed by atoms with Crippen molar-refractivity contribution in [2.75, 3.05) is 13.2 Å². The van der Waals surface area contributed by atoms with Gasteiger partial charge in [-0.3, -0.25) is 9.48 Å². The van der Waals surface area contributed by atoms with Gasteiger partial charge >= 0.3 is 0 Å². The molecule has 0 fully saturated rings. The number of carbonyl (C=O) groups excluding carboxylic acids is 1. The second-order valence-corrected chi connectivity index (χ2v) is 8.72. The van der Waals surface area contributed by atoms with Crippen molar-refractivity contribution in [1.82, 2.24) is 14.7 Å². The quantitative estimate of drug-likeness (QED) is 0.453. The Bertz CT molecular complexity index is 1160. The van der Waals surface area contributed by atoms with Gasteiger partial charge in [0.1, 0.15) is 11.6 Å². The molecular formula is C26H30F2N4O2. The minimum absolute atomic E-state index is 0.123. The monoisotopic (exact) mass is 468 g/mol. The fraction of sp³-hybridized carbons (Fsp3) is 0.385. The van der Waals surface area contributed by atoms with Crippen LogP contribution >= 0.6 is 0 Å². The molecule has 0 spiro atoms. The Kier molecular flexibility index (Phi) is 7.38. The van der Waals surface area contributed by atoms with E-state index in [2.05, 4.69) is 12.0 Å². The molecule has 3 aromatic rings. The Morgan fingerprint density at radius 1 is 1.18 bits per heavy atom. The van der Waals surface area contributed by atoms with Gasteiger partial charge in [-0.05, 0) is 48.2 Å². The van der Waals surface area contributed by atoms with Crippen LogP contribution in [0.2, 0.25) is 0 Å². The van der Waals surface area contributed by atoms with E-state index in [4.69, 9.17) is 10.5 Å². The number of rotatable bonds is 10. The van der Waals surface area contributed by atoms with Gasteiger partial charge in [0.2, 0.25) is 0 Å². The number of benzene rings is 2. The molecule has 1 atom stereocenters. The number of hydrogen-bond acceptors (Lipinski definition) is 4. The summed E-state index contributed by atoms with van der Waals surface area (Å²) in [7, 11) is 1.89. The average Bonchev–Trinajstić information content (AvgIpc) is 3.33. The van der Waals surface area contributed by atoms with Crippen LogP contribution in [0, 0.1) is 11.6 Å². The Labute approximate surface area is 198 Å². The zero-order valence-electron chi connectivity index (χ0n) is 19.6. The van der Waals surface area contributed by atoms with Gasteiger partial charge in [0.05, 0.1) is 18.5 Å². The minimum Gasteiger partial charge on any atom is -0.377 e. The van der Waals surface area contributed by atoms with Crippen molar-refractivity contribution in [2.24, 2.45) is 12.8 Å². The van der Waals surface area contributed by atoms with Gasteiger partial charge in [-0.15, -0.1) is 0 Å². The van der Waals surface area contributed by atoms with Crippen LogP contribution in [-0.2, 0) is 31.4 Å². The Balaban J connectivity index is 1.54. The molecule has 6 nitrogen and oxygen atoms in total. The number of halogens is 2. The number of aryl methyl sites for hydroxylation is 1. The van der Waals surface area contributed by atoms with E-state index in [1.54, 1.807) is 4.90 Å². The molecule has 1 amide bonds. The van der Waals surface area contributed by atoms with E-state index in [1.165, 1.54) is 12.1 Å². The lowest BCUT2D eigenvalue weighted by Gasteiger charge is -2.26. The first-order valence-corrected chi connectivity index (χ1v) is 11.6. The summed E-state index contributed by atoms with van der Waals surface area (Å²) in [4.78, 5) is 14.8. The topological polar surface area (TPSA) is 73.4 Å². The van der Waals surface area contributed by atoms with Gasteiger partial charge in [0.25, 0.3) is 5.91 Å². The van der Waals surface area contributed by atoms with Crippen molar-refractivity contribution in [1.29, 1.82) is 0 Å². The zero-order chi connectivity index (χ0) is 24.2. The molecule has 1 aliphatic heterocycles. The number of nitrogens with zero attached hydrogens (tertiary/aromatic N) is 3. The van der Waals surface area contributed by atoms with E-state index in [1.807, 2.05) is 36.1 Å². The highest BCUT2D eigenvalue weighted by Crippen LogP contribution is 2.32. The molecule has 2 N–H and O–H groups in total. The van der Waals surface area contributed by atoms with Crippen molar-refractivity contribution in [3.8, 4) is 11.3 Å². The average molecular weight is 469 g/mol. The van der Waals surface area contributed by atoms with Crippen molar-refractivity contribution in [2.45, 2.75) is 45.4 Å². The van der Waals surface area contributed by atoms with Crippen molar-refractivity contribution in [3.63, 3.8) is 0 Å². The summed E-state index contributed by atoms with van der Waals surface area (Å²) in [6.07, 6.45) is 4.18. The fourth-order valence-corrected chi connectivity index (χ4v) is 4.50. The van der Waals surface area contributed by atoms with Crippen LogP contribution in [0.3, 0.4) is 0 Å². The summed E-state index contributed by atoms with van der Waals surface area (Å²) in [5.74, 6) is -1.41. The van der Waals surface area contributed by atoms with E-state index in [-0.39, 0.29) is 24.9 Å². The summed E-state index contributed by atoms with van der Waals surface area (Å²) >= 11 is 0. The van der Waals surface area contributed by atoms with Gasteiger partial charge in [-0.1, -0.05) is 19.4 Å². The molecule has 0 saturated heterocycles. The third-order valence-electron chi connectivity index (χ3n) is 6.23. The van der Waals surface area contributed by atoms with Gasteiger partial charge in [0, 0.05) is 55.5 Å². The lowest BCUT2D eigenvalue weighted by molar-refractivity contribution is 0.0708. The fourth-order valence-electron chi connectivity index (χ4n) is 4.50. The third-order valence-corrected chi connectivity index (χ3v) is 6.23. The predicted octanol–water partition coefficient (Wildman–Crippen LogP) is 4.21. The Hall–Kier alpha value is -3.10. The number of amides is 1. The lowest BCUT2D eigenvalue weighted by atomic mass is 10.0. The van der Waals surface area contributed by atoms with Crippen LogP contribution in [0.5, 0.6) is 0 Å². The first kappa shape index (κ1) is 24.0. The summed E-state index contributed by atoms with van der Waals surface area (Å²) in [5, 5.41) is 4.40. The van der Waals surface area contributed by atoms with E-state index >= 15 is 0 Å². The molecule has 0 radical (unpaired) electrons. The molecule has 0 aliphatic carbocycles. The van der Waals surface area contributed by atoms with Crippen molar-refractivity contribution < 1.29 is 18.3 Å². The molecule has 34 heavy (non-hydrogen) atoms. The molecule has 4 rings (SSSR count). The second kappa shape index (κ2) is 10.4. The van der Waals surface area contributed by atoms with Gasteiger partial charge in [-0.25, -0.2) is 8.78 Å². The van der Waals surface area contributed by atoms with Gasteiger partial charge in [0.15, 0.2) is 0 Å². The summed E-state index contributed by atoms with van der Waals surface area (Å²) in [6, 6.07) is 8.79. The Morgan fingerprint density at radius 3 is 2.65 bits per heavy atom. The van der Waals surface area contributed by atoms with E-state index in [0.29, 0.717) is 30.9 Å². The second-order valence-electron chi connectivity index (χ2n) is 8.72. The highest BCUT2D eigenvalue weighted by Gasteiger charge is 2.32. The zero-order valence-corrected chi connectivity index (χ0v) is 19.6. The lowest BCUT2D eigenvalue weighted by Crippen LogP contribution is -2.42. The summed E-state index contributed by atoms with van der Waals surface area (Å²) < 4.78 is 34.9. The SMILES string of the molecule is CCCCOCc1cnn(C)c1-c1ccc2c(c1)CN(C(CN)Cc1cc(F)cc(F)c1)C2=O. The van der Waals surface area contributed by atoms with Gasteiger partial charge in [-0.2, -0.15) is 5.10 Å². The summed E-state index contributed by atoms with van der Waals surface area (Å²) in [6.45, 7) is 3.88. The maximum atomic E-state index is 13.6. The molecular weight excluding hydrogens is 438 g/mol. The van der Waals surface area contributed by atoms with E-state index < -0.39 is 11.6 Å². The maximum Gasteiger partial charge on any atom is 0.254 e. The number of aromatic nitrogens is 2. The van der Waals surface area contributed by atoms with Crippen LogP contribution in [0.1, 0.15) is 46.8 Å². The van der Waals surface area contributed by atoms with E-state index in [0.717, 1.165) is 41.3 Å². The third kappa shape index (κ3) is 5.03. The van der Waals surface area contributed by atoms with Crippen molar-refractivity contribution >= 4 is 5.91 Å². The van der Waals surface area contributed by atoms with E-state index in [9.17, 15) is 13.6 Å². The highest BCUT2D eigenvalue weighted by molar-refractivity contribution is 5.99. The first-order valence-electron chi connectivity index (χ1n) is 11.6. The molecule has 2 heterocycles. The van der Waals surface area contributed by atoms with Crippen molar-refractivity contribution in [3.05, 3.63) is 76.5 Å². The maximum absolute atomic E-state index is 13.6. The molecule has 8 heteroatoms. The predicted molar refractivity (Wildman–Crippen MR) is 126 cm³/mol. The van der Waals surface area contributed by atoms with Crippen LogP contribution in [0.25, 0.3) is 11.3 Å². The number of nitrogens with two attached hydrogens (primary N) is 1. The smallest absolute Gasteiger partial charge is 0.254 e. The molecule has 1 aromatic heterocycles. The van der Waals surface area contributed by atoms with Gasteiger partial charge < -0.3 is 15.4 Å². The molecule has 0 bridgehead atoms. The first-order chi connectivity index (χ1) is 16.4. The number of ether oxygens (including phenoxy) is 1. The molecule has 180 valence electrons. The Morgan fingerprint density at radius 2 is 1.94 bits per heavy atom. The largest absolute Gasteiger partial charge is 0.377 e. The number of unbranched alkanes of at least 4 members (excludes halogenated alkanes) is 1. The molecule has 1 unspecified atom stereocenters.